The molecule has 0 aromatic carbocycles. The van der Waals surface area contributed by atoms with Gasteiger partial charge in [0, 0.05) is 6.42 Å². The molecule has 0 amide bonds. The minimum atomic E-state index is -1.28. The third-order valence-electron chi connectivity index (χ3n) is 1.31. The quantitative estimate of drug-likeness (QED) is 0.398. The van der Waals surface area contributed by atoms with Crippen molar-refractivity contribution in [3.05, 3.63) is 0 Å². The highest BCUT2D eigenvalue weighted by Gasteiger charge is 2.10. The van der Waals surface area contributed by atoms with E-state index in [-0.39, 0.29) is 12.3 Å². The number of carboxylic acid groups (broad SMARTS) is 1. The van der Waals surface area contributed by atoms with Crippen molar-refractivity contribution in [2.75, 3.05) is 6.79 Å². The zero-order chi connectivity index (χ0) is 11.8. The summed E-state index contributed by atoms with van der Waals surface area (Å²) in [6.45, 7) is 3.16. The highest BCUT2D eigenvalue weighted by atomic mass is 16.7. The van der Waals surface area contributed by atoms with Crippen LogP contribution in [-0.2, 0) is 23.9 Å². The van der Waals surface area contributed by atoms with E-state index in [1.54, 1.807) is 0 Å². The van der Waals surface area contributed by atoms with Gasteiger partial charge in [0.1, 0.15) is 6.42 Å². The van der Waals surface area contributed by atoms with Crippen LogP contribution in [0.25, 0.3) is 0 Å². The van der Waals surface area contributed by atoms with E-state index in [0.717, 1.165) is 0 Å². The van der Waals surface area contributed by atoms with E-state index in [9.17, 15) is 14.4 Å². The lowest BCUT2D eigenvalue weighted by Gasteiger charge is -2.06. The van der Waals surface area contributed by atoms with E-state index in [1.165, 1.54) is 0 Å². The van der Waals surface area contributed by atoms with Crippen LogP contribution in [-0.4, -0.2) is 29.8 Å². The molecule has 1 N–H and O–H groups in total. The molecule has 0 aliphatic heterocycles. The molecule has 0 saturated heterocycles. The average Bonchev–Trinajstić information content (AvgIpc) is 2.00. The summed E-state index contributed by atoms with van der Waals surface area (Å²) in [4.78, 5) is 31.6. The van der Waals surface area contributed by atoms with Gasteiger partial charge in [0.25, 0.3) is 0 Å². The van der Waals surface area contributed by atoms with Gasteiger partial charge in [0.05, 0.1) is 0 Å². The van der Waals surface area contributed by atoms with Crippen LogP contribution in [0.3, 0.4) is 0 Å². The first-order valence-corrected chi connectivity index (χ1v) is 4.45. The maximum absolute atomic E-state index is 10.9. The van der Waals surface area contributed by atoms with Crippen molar-refractivity contribution in [1.82, 2.24) is 0 Å². The van der Waals surface area contributed by atoms with Crippen LogP contribution >= 0.6 is 0 Å². The molecule has 0 aromatic rings. The van der Waals surface area contributed by atoms with Crippen LogP contribution in [0, 0.1) is 5.92 Å². The number of ether oxygens (including phenoxy) is 2. The first-order chi connectivity index (χ1) is 6.91. The summed E-state index contributed by atoms with van der Waals surface area (Å²) >= 11 is 0. The molecule has 0 unspecified atom stereocenters. The van der Waals surface area contributed by atoms with Crippen LogP contribution in [0.2, 0.25) is 0 Å². The van der Waals surface area contributed by atoms with E-state index in [4.69, 9.17) is 5.11 Å². The van der Waals surface area contributed by atoms with Crippen molar-refractivity contribution < 1.29 is 29.0 Å². The molecule has 15 heavy (non-hydrogen) atoms. The fraction of sp³-hybridized carbons (Fsp3) is 0.667. The van der Waals surface area contributed by atoms with Gasteiger partial charge in [-0.3, -0.25) is 14.4 Å². The van der Waals surface area contributed by atoms with Gasteiger partial charge in [0.2, 0.25) is 6.79 Å². The molecule has 0 atom stereocenters. The zero-order valence-electron chi connectivity index (χ0n) is 8.69. The van der Waals surface area contributed by atoms with Crippen LogP contribution in [0.4, 0.5) is 0 Å². The molecule has 0 radical (unpaired) electrons. The topological polar surface area (TPSA) is 89.9 Å². The van der Waals surface area contributed by atoms with Crippen LogP contribution in [0.5, 0.6) is 0 Å². The fourth-order valence-electron chi connectivity index (χ4n) is 0.728. The summed E-state index contributed by atoms with van der Waals surface area (Å²) in [5.41, 5.74) is 0. The van der Waals surface area contributed by atoms with Gasteiger partial charge in [0.15, 0.2) is 0 Å². The Morgan fingerprint density at radius 1 is 1.13 bits per heavy atom. The lowest BCUT2D eigenvalue weighted by atomic mass is 10.1. The Kier molecular flexibility index (Phi) is 6.08. The lowest BCUT2D eigenvalue weighted by molar-refractivity contribution is -0.168. The molecule has 0 aliphatic carbocycles. The number of carboxylic acids is 1. The predicted octanol–water partition coefficient (Wildman–Crippen LogP) is 0.551. The van der Waals surface area contributed by atoms with Crippen molar-refractivity contribution in [2.45, 2.75) is 26.7 Å². The Morgan fingerprint density at radius 2 is 1.67 bits per heavy atom. The van der Waals surface area contributed by atoms with Gasteiger partial charge in [-0.05, 0) is 5.92 Å². The molecule has 0 bridgehead atoms. The second kappa shape index (κ2) is 6.80. The highest BCUT2D eigenvalue weighted by Crippen LogP contribution is 2.00. The molecule has 6 heteroatoms. The molecule has 6 nitrogen and oxygen atoms in total. The smallest absolute Gasteiger partial charge is 0.320 e. The van der Waals surface area contributed by atoms with Gasteiger partial charge in [-0.1, -0.05) is 13.8 Å². The van der Waals surface area contributed by atoms with Gasteiger partial charge >= 0.3 is 17.9 Å². The van der Waals surface area contributed by atoms with Gasteiger partial charge in [-0.2, -0.15) is 0 Å². The zero-order valence-corrected chi connectivity index (χ0v) is 8.69. The van der Waals surface area contributed by atoms with Crippen molar-refractivity contribution in [3.63, 3.8) is 0 Å². The van der Waals surface area contributed by atoms with Crippen molar-refractivity contribution in [1.29, 1.82) is 0 Å². The minimum Gasteiger partial charge on any atom is -0.481 e. The summed E-state index contributed by atoms with van der Waals surface area (Å²) in [6.07, 6.45) is -0.502. The van der Waals surface area contributed by atoms with Crippen molar-refractivity contribution in [2.24, 2.45) is 5.92 Å². The van der Waals surface area contributed by atoms with Gasteiger partial charge in [-0.25, -0.2) is 0 Å². The molecule has 0 aromatic heterocycles. The lowest BCUT2D eigenvalue weighted by Crippen LogP contribution is -2.16. The van der Waals surface area contributed by atoms with E-state index < -0.39 is 31.1 Å². The molecule has 0 heterocycles. The number of rotatable bonds is 6. The number of esters is 2. The number of carbonyl (C=O) groups excluding carboxylic acids is 2. The Bertz CT molecular complexity index is 245. The summed E-state index contributed by atoms with van der Waals surface area (Å²) < 4.78 is 8.87. The molecule has 0 rings (SSSR count). The normalized spacial score (nSPS) is 9.80. The standard InChI is InChI=1S/C9H14O6/c1-6(2)3-8(12)14-5-15-9(13)4-7(10)11/h6H,3-5H2,1-2H3,(H,10,11). The third kappa shape index (κ3) is 8.73. The average molecular weight is 218 g/mol. The number of carbonyl (C=O) groups is 3. The van der Waals surface area contributed by atoms with E-state index in [2.05, 4.69) is 9.47 Å². The Balaban J connectivity index is 3.57. The second-order valence-corrected chi connectivity index (χ2v) is 3.32. The van der Waals surface area contributed by atoms with Gasteiger partial charge in [-0.15, -0.1) is 0 Å². The van der Waals surface area contributed by atoms with E-state index in [0.29, 0.717) is 0 Å². The number of hydrogen-bond acceptors (Lipinski definition) is 5. The molecule has 86 valence electrons. The highest BCUT2D eigenvalue weighted by molar-refractivity contribution is 5.90. The van der Waals surface area contributed by atoms with Crippen molar-refractivity contribution in [3.8, 4) is 0 Å². The summed E-state index contributed by atoms with van der Waals surface area (Å²) in [5.74, 6) is -2.53. The SMILES string of the molecule is CC(C)CC(=O)OCOC(=O)CC(=O)O. The Hall–Kier alpha value is -1.59. The Labute approximate surface area is 87.2 Å². The number of hydrogen-bond donors (Lipinski definition) is 1. The van der Waals surface area contributed by atoms with Crippen LogP contribution in [0.15, 0.2) is 0 Å². The van der Waals surface area contributed by atoms with E-state index in [1.807, 2.05) is 13.8 Å². The molecule has 0 saturated carbocycles. The maximum Gasteiger partial charge on any atom is 0.320 e. The molecule has 0 spiro atoms. The largest absolute Gasteiger partial charge is 0.481 e. The number of aliphatic carboxylic acids is 1. The predicted molar refractivity (Wildman–Crippen MR) is 48.8 cm³/mol. The summed E-state index contributed by atoms with van der Waals surface area (Å²) in [7, 11) is 0. The second-order valence-electron chi connectivity index (χ2n) is 3.32. The van der Waals surface area contributed by atoms with Crippen LogP contribution in [0.1, 0.15) is 26.7 Å². The first-order valence-electron chi connectivity index (χ1n) is 4.45. The molecular formula is C9H14O6. The van der Waals surface area contributed by atoms with Crippen molar-refractivity contribution >= 4 is 17.9 Å². The third-order valence-corrected chi connectivity index (χ3v) is 1.31. The summed E-state index contributed by atoms with van der Waals surface area (Å²) in [5, 5.41) is 8.20. The Morgan fingerprint density at radius 3 is 2.13 bits per heavy atom. The summed E-state index contributed by atoms with van der Waals surface area (Å²) in [6, 6.07) is 0. The molecular weight excluding hydrogens is 204 g/mol. The molecule has 0 fully saturated rings. The van der Waals surface area contributed by atoms with Crippen LogP contribution < -0.4 is 0 Å². The first kappa shape index (κ1) is 13.4. The maximum atomic E-state index is 10.9. The van der Waals surface area contributed by atoms with E-state index >= 15 is 0 Å². The fourth-order valence-corrected chi connectivity index (χ4v) is 0.728. The molecule has 0 aliphatic rings. The minimum absolute atomic E-state index is 0.159. The van der Waals surface area contributed by atoms with Gasteiger partial charge < -0.3 is 14.6 Å². The monoisotopic (exact) mass is 218 g/mol.